The highest BCUT2D eigenvalue weighted by atomic mass is 16.6. The Kier molecular flexibility index (Phi) is 11.1. The van der Waals surface area contributed by atoms with E-state index in [2.05, 4.69) is 32.1 Å². The average molecular weight is 637 g/mol. The molecule has 1 spiro atoms. The largest absolute Gasteiger partial charge is 0.444 e. The summed E-state index contributed by atoms with van der Waals surface area (Å²) < 4.78 is 13.6. The molecule has 5 heterocycles. The van der Waals surface area contributed by atoms with Crippen molar-refractivity contribution in [2.45, 2.75) is 90.4 Å². The summed E-state index contributed by atoms with van der Waals surface area (Å²) in [5.74, 6) is 1.05. The van der Waals surface area contributed by atoms with Gasteiger partial charge in [0, 0.05) is 44.5 Å². The monoisotopic (exact) mass is 636 g/mol. The number of carbonyl (C=O) groups excluding carboxylic acids is 3. The van der Waals surface area contributed by atoms with Crippen molar-refractivity contribution in [1.29, 1.82) is 0 Å². The van der Waals surface area contributed by atoms with Gasteiger partial charge < -0.3 is 29.2 Å². The Morgan fingerprint density at radius 3 is 2.43 bits per heavy atom. The first-order valence-corrected chi connectivity index (χ1v) is 16.1. The number of anilines is 3. The molecule has 6 rings (SSSR count). The molecule has 46 heavy (non-hydrogen) atoms. The molecule has 3 aromatic heterocycles. The summed E-state index contributed by atoms with van der Waals surface area (Å²) in [6.07, 6.45) is 11.8. The van der Waals surface area contributed by atoms with Crippen LogP contribution in [0.1, 0.15) is 79.2 Å². The van der Waals surface area contributed by atoms with Gasteiger partial charge in [-0.05, 0) is 64.7 Å². The molecular weight excluding hydrogens is 588 g/mol. The molecule has 13 nitrogen and oxygen atoms in total. The van der Waals surface area contributed by atoms with Gasteiger partial charge in [0.15, 0.2) is 0 Å². The molecule has 2 saturated heterocycles. The maximum atomic E-state index is 12.9. The van der Waals surface area contributed by atoms with Gasteiger partial charge in [-0.1, -0.05) is 26.7 Å². The molecule has 250 valence electrons. The van der Waals surface area contributed by atoms with Crippen LogP contribution in [0.5, 0.6) is 0 Å². The molecule has 3 amide bonds. The lowest BCUT2D eigenvalue weighted by Gasteiger charge is -2.38. The van der Waals surface area contributed by atoms with Gasteiger partial charge in [-0.2, -0.15) is 4.98 Å². The second-order valence-electron chi connectivity index (χ2n) is 12.9. The van der Waals surface area contributed by atoms with E-state index in [0.717, 1.165) is 23.9 Å². The second kappa shape index (κ2) is 14.8. The lowest BCUT2D eigenvalue weighted by Crippen LogP contribution is -2.53. The standard InChI is InChI=1S/C28H35N7O4.C3H7NO.C2H6/c1-27(2,3)38-25(36)33-13-6-12-28(17-33)18-35(26(37)39-28)21-9-10-22(29-16-21)31-24-30-15-19-11-14-34(23(19)32-24)20-7-4-5-8-20;1-4(2)3-5;1-2/h9-11,14-16,20H,4-8,12-13,17-18H2,1-3H3,(H,29,30,31,32);3H,1-2H3;1-2H3. The Bertz CT molecular complexity index is 1480. The Balaban J connectivity index is 0.000000628. The molecule has 1 atom stereocenters. The van der Waals surface area contributed by atoms with Gasteiger partial charge in [-0.3, -0.25) is 9.69 Å². The van der Waals surface area contributed by atoms with Crippen molar-refractivity contribution in [3.8, 4) is 0 Å². The van der Waals surface area contributed by atoms with Crippen molar-refractivity contribution in [2.75, 3.05) is 43.9 Å². The van der Waals surface area contributed by atoms with E-state index in [1.165, 1.54) is 30.6 Å². The maximum absolute atomic E-state index is 12.9. The molecule has 3 aromatic rings. The highest BCUT2D eigenvalue weighted by Gasteiger charge is 2.49. The van der Waals surface area contributed by atoms with Crippen LogP contribution < -0.4 is 10.2 Å². The Hall–Kier alpha value is -4.42. The van der Waals surface area contributed by atoms with Crippen LogP contribution in [0, 0.1) is 0 Å². The summed E-state index contributed by atoms with van der Waals surface area (Å²) in [5, 5.41) is 4.21. The van der Waals surface area contributed by atoms with Gasteiger partial charge in [-0.25, -0.2) is 19.6 Å². The molecule has 2 aliphatic heterocycles. The highest BCUT2D eigenvalue weighted by molar-refractivity contribution is 5.90. The number of ether oxygens (including phenoxy) is 2. The molecule has 1 saturated carbocycles. The molecule has 3 fully saturated rings. The van der Waals surface area contributed by atoms with Crippen molar-refractivity contribution in [2.24, 2.45) is 0 Å². The van der Waals surface area contributed by atoms with Crippen LogP contribution in [0.15, 0.2) is 36.8 Å². The summed E-state index contributed by atoms with van der Waals surface area (Å²) in [6.45, 7) is 10.7. The molecule has 1 N–H and O–H groups in total. The number of nitrogens with one attached hydrogen (secondary N) is 1. The third-order valence-corrected chi connectivity index (χ3v) is 7.85. The number of nitrogens with zero attached hydrogens (tertiary/aromatic N) is 7. The van der Waals surface area contributed by atoms with E-state index in [4.69, 9.17) is 14.5 Å². The van der Waals surface area contributed by atoms with Crippen LogP contribution in [-0.2, 0) is 14.3 Å². The van der Waals surface area contributed by atoms with E-state index in [-0.39, 0.29) is 6.09 Å². The van der Waals surface area contributed by atoms with Crippen molar-refractivity contribution in [1.82, 2.24) is 29.3 Å². The normalized spacial score (nSPS) is 19.6. The Labute approximate surface area is 271 Å². The van der Waals surface area contributed by atoms with Gasteiger partial charge in [0.2, 0.25) is 12.4 Å². The molecule has 13 heteroatoms. The molecule has 0 radical (unpaired) electrons. The minimum absolute atomic E-state index is 0.305. The van der Waals surface area contributed by atoms with Crippen LogP contribution in [0.2, 0.25) is 0 Å². The van der Waals surface area contributed by atoms with Crippen LogP contribution in [0.3, 0.4) is 0 Å². The lowest BCUT2D eigenvalue weighted by molar-refractivity contribution is -0.115. The SMILES string of the molecule is CC.CC(C)(C)OC(=O)N1CCCC2(C1)CN(c1ccc(Nc3ncc4ccn(C5CCCC5)c4n3)nc1)C(=O)O2.CN(C)C=O. The molecule has 3 aliphatic rings. The number of likely N-dealkylation sites (tertiary alicyclic amines) is 1. The third-order valence-electron chi connectivity index (χ3n) is 7.85. The predicted octanol–water partition coefficient (Wildman–Crippen LogP) is 6.14. The van der Waals surface area contributed by atoms with Gasteiger partial charge in [0.25, 0.3) is 0 Å². The number of aromatic nitrogens is 4. The zero-order valence-electron chi connectivity index (χ0n) is 28.2. The van der Waals surface area contributed by atoms with Gasteiger partial charge in [-0.15, -0.1) is 0 Å². The van der Waals surface area contributed by atoms with Crippen molar-refractivity contribution in [3.05, 3.63) is 36.8 Å². The first-order chi connectivity index (χ1) is 21.9. The smallest absolute Gasteiger partial charge is 0.415 e. The first kappa shape index (κ1) is 34.5. The maximum Gasteiger partial charge on any atom is 0.415 e. The molecular formula is C33H48N8O5. The fourth-order valence-corrected chi connectivity index (χ4v) is 5.82. The third kappa shape index (κ3) is 8.43. The topological polar surface area (TPSA) is 135 Å². The summed E-state index contributed by atoms with van der Waals surface area (Å²) >= 11 is 0. The number of hydrogen-bond acceptors (Lipinski definition) is 9. The van der Waals surface area contributed by atoms with Gasteiger partial charge in [0.05, 0.1) is 25.0 Å². The Morgan fingerprint density at radius 2 is 1.80 bits per heavy atom. The summed E-state index contributed by atoms with van der Waals surface area (Å²) in [7, 11) is 3.38. The van der Waals surface area contributed by atoms with Gasteiger partial charge in [0.1, 0.15) is 22.7 Å². The summed E-state index contributed by atoms with van der Waals surface area (Å²) in [4.78, 5) is 53.3. The van der Waals surface area contributed by atoms with Crippen LogP contribution >= 0.6 is 0 Å². The number of rotatable bonds is 5. The zero-order chi connectivity index (χ0) is 33.5. The van der Waals surface area contributed by atoms with E-state index in [1.54, 1.807) is 36.2 Å². The fourth-order valence-electron chi connectivity index (χ4n) is 5.82. The zero-order valence-corrected chi connectivity index (χ0v) is 28.2. The Morgan fingerprint density at radius 1 is 1.09 bits per heavy atom. The summed E-state index contributed by atoms with van der Waals surface area (Å²) in [5.41, 5.74) is 0.205. The van der Waals surface area contributed by atoms with Crippen LogP contribution in [-0.4, -0.2) is 92.8 Å². The predicted molar refractivity (Wildman–Crippen MR) is 177 cm³/mol. The van der Waals surface area contributed by atoms with Crippen molar-refractivity contribution in [3.63, 3.8) is 0 Å². The van der Waals surface area contributed by atoms with E-state index >= 15 is 0 Å². The first-order valence-electron chi connectivity index (χ1n) is 16.1. The molecule has 1 aliphatic carbocycles. The highest BCUT2D eigenvalue weighted by Crippen LogP contribution is 2.36. The fraction of sp³-hybridized carbons (Fsp3) is 0.576. The van der Waals surface area contributed by atoms with Gasteiger partial charge >= 0.3 is 12.2 Å². The summed E-state index contributed by atoms with van der Waals surface area (Å²) in [6, 6.07) is 6.17. The molecule has 0 aromatic carbocycles. The van der Waals surface area contributed by atoms with Crippen molar-refractivity contribution >= 4 is 47.1 Å². The quantitative estimate of drug-likeness (QED) is 0.328. The number of amides is 3. The van der Waals surface area contributed by atoms with Crippen LogP contribution in [0.4, 0.5) is 27.0 Å². The minimum atomic E-state index is -0.763. The number of hydrogen-bond donors (Lipinski definition) is 1. The van der Waals surface area contributed by atoms with E-state index in [0.29, 0.717) is 49.6 Å². The van der Waals surface area contributed by atoms with Crippen molar-refractivity contribution < 1.29 is 23.9 Å². The van der Waals surface area contributed by atoms with E-state index in [1.807, 2.05) is 46.9 Å². The van der Waals surface area contributed by atoms with Crippen LogP contribution in [0.25, 0.3) is 11.0 Å². The number of fused-ring (bicyclic) bond motifs is 1. The van der Waals surface area contributed by atoms with E-state index < -0.39 is 17.3 Å². The molecule has 0 bridgehead atoms. The minimum Gasteiger partial charge on any atom is -0.444 e. The second-order valence-corrected chi connectivity index (χ2v) is 12.9. The number of carbonyl (C=O) groups is 3. The van der Waals surface area contributed by atoms with E-state index in [9.17, 15) is 14.4 Å². The lowest BCUT2D eigenvalue weighted by atomic mass is 9.93. The average Bonchev–Trinajstić information content (AvgIpc) is 3.77. The number of piperidine rings is 1. The number of pyridine rings is 1. The molecule has 1 unspecified atom stereocenters.